The van der Waals surface area contributed by atoms with Gasteiger partial charge in [0.05, 0.1) is 25.9 Å². The summed E-state index contributed by atoms with van der Waals surface area (Å²) < 4.78 is 10.3. The molecule has 1 N–H and O–H groups in total. The molecule has 0 aromatic carbocycles. The van der Waals surface area contributed by atoms with Crippen molar-refractivity contribution in [3.63, 3.8) is 0 Å². The van der Waals surface area contributed by atoms with Crippen molar-refractivity contribution in [3.8, 4) is 0 Å². The summed E-state index contributed by atoms with van der Waals surface area (Å²) in [5, 5.41) is 9.92. The molecule has 0 aromatic heterocycles. The standard InChI is InChI=1S/C14H27NO4/c1-3-5-8-18-11-13(16)9-15(12-6-7-12)10-14(17)19-4-2/h12-13,16H,3-11H2,1-2H3. The van der Waals surface area contributed by atoms with E-state index in [1.54, 1.807) is 6.92 Å². The number of rotatable bonds is 11. The maximum atomic E-state index is 11.5. The van der Waals surface area contributed by atoms with Gasteiger partial charge in [-0.05, 0) is 26.2 Å². The largest absolute Gasteiger partial charge is 0.465 e. The van der Waals surface area contributed by atoms with E-state index in [4.69, 9.17) is 9.47 Å². The molecule has 0 heterocycles. The van der Waals surface area contributed by atoms with Crippen LogP contribution in [0.1, 0.15) is 39.5 Å². The van der Waals surface area contributed by atoms with Gasteiger partial charge in [0.1, 0.15) is 0 Å². The monoisotopic (exact) mass is 273 g/mol. The highest BCUT2D eigenvalue weighted by molar-refractivity contribution is 5.71. The van der Waals surface area contributed by atoms with Gasteiger partial charge in [0.15, 0.2) is 0 Å². The van der Waals surface area contributed by atoms with Crippen LogP contribution >= 0.6 is 0 Å². The number of carbonyl (C=O) groups excluding carboxylic acids is 1. The minimum atomic E-state index is -0.535. The Hall–Kier alpha value is -0.650. The maximum Gasteiger partial charge on any atom is 0.320 e. The molecule has 1 aliphatic carbocycles. The molecule has 112 valence electrons. The predicted octanol–water partition coefficient (Wildman–Crippen LogP) is 1.19. The van der Waals surface area contributed by atoms with Crippen LogP contribution in [0.25, 0.3) is 0 Å². The van der Waals surface area contributed by atoms with Crippen LogP contribution < -0.4 is 0 Å². The molecule has 1 fully saturated rings. The van der Waals surface area contributed by atoms with E-state index in [0.29, 0.717) is 32.4 Å². The van der Waals surface area contributed by atoms with E-state index >= 15 is 0 Å². The molecule has 0 amide bonds. The number of esters is 1. The van der Waals surface area contributed by atoms with Crippen LogP contribution in [0.2, 0.25) is 0 Å². The minimum absolute atomic E-state index is 0.214. The lowest BCUT2D eigenvalue weighted by Crippen LogP contribution is -2.40. The molecule has 1 saturated carbocycles. The van der Waals surface area contributed by atoms with Gasteiger partial charge in [-0.15, -0.1) is 0 Å². The summed E-state index contributed by atoms with van der Waals surface area (Å²) >= 11 is 0. The first-order valence-corrected chi connectivity index (χ1v) is 7.32. The van der Waals surface area contributed by atoms with Crippen molar-refractivity contribution in [2.24, 2.45) is 0 Å². The van der Waals surface area contributed by atoms with Crippen LogP contribution in [0.3, 0.4) is 0 Å². The second-order valence-corrected chi connectivity index (χ2v) is 5.05. The fourth-order valence-corrected chi connectivity index (χ4v) is 1.94. The average molecular weight is 273 g/mol. The lowest BCUT2D eigenvalue weighted by molar-refractivity contribution is -0.145. The van der Waals surface area contributed by atoms with Crippen molar-refractivity contribution in [1.29, 1.82) is 0 Å². The fourth-order valence-electron chi connectivity index (χ4n) is 1.94. The number of unbranched alkanes of at least 4 members (excludes halogenated alkanes) is 1. The van der Waals surface area contributed by atoms with E-state index in [9.17, 15) is 9.90 Å². The molecule has 1 aliphatic rings. The highest BCUT2D eigenvalue weighted by Gasteiger charge is 2.31. The van der Waals surface area contributed by atoms with Gasteiger partial charge in [0.25, 0.3) is 0 Å². The lowest BCUT2D eigenvalue weighted by Gasteiger charge is -2.23. The van der Waals surface area contributed by atoms with Crippen LogP contribution in [-0.2, 0) is 14.3 Å². The van der Waals surface area contributed by atoms with Crippen molar-refractivity contribution < 1.29 is 19.4 Å². The molecule has 0 radical (unpaired) electrons. The summed E-state index contributed by atoms with van der Waals surface area (Å²) in [6.45, 7) is 6.09. The maximum absolute atomic E-state index is 11.5. The quantitative estimate of drug-likeness (QED) is 0.453. The molecule has 0 spiro atoms. The van der Waals surface area contributed by atoms with Crippen molar-refractivity contribution in [1.82, 2.24) is 4.90 Å². The highest BCUT2D eigenvalue weighted by Crippen LogP contribution is 2.26. The molecule has 5 heteroatoms. The summed E-state index contributed by atoms with van der Waals surface area (Å²) in [6.07, 6.45) is 3.77. The van der Waals surface area contributed by atoms with Crippen LogP contribution in [0.4, 0.5) is 0 Å². The first-order valence-electron chi connectivity index (χ1n) is 7.32. The second kappa shape index (κ2) is 9.28. The van der Waals surface area contributed by atoms with Crippen LogP contribution in [0.5, 0.6) is 0 Å². The molecule has 0 aliphatic heterocycles. The predicted molar refractivity (Wildman–Crippen MR) is 73.0 cm³/mol. The first kappa shape index (κ1) is 16.4. The zero-order chi connectivity index (χ0) is 14.1. The van der Waals surface area contributed by atoms with Crippen molar-refractivity contribution in [2.45, 2.75) is 51.7 Å². The molecular formula is C14H27NO4. The molecule has 0 saturated heterocycles. The van der Waals surface area contributed by atoms with Crippen molar-refractivity contribution in [3.05, 3.63) is 0 Å². The van der Waals surface area contributed by atoms with Crippen molar-refractivity contribution in [2.75, 3.05) is 32.9 Å². The molecule has 19 heavy (non-hydrogen) atoms. The Morgan fingerprint density at radius 2 is 2.16 bits per heavy atom. The summed E-state index contributed by atoms with van der Waals surface area (Å²) in [7, 11) is 0. The summed E-state index contributed by atoms with van der Waals surface area (Å²) in [5.74, 6) is -0.214. The first-order chi connectivity index (χ1) is 9.17. The van der Waals surface area contributed by atoms with E-state index in [0.717, 1.165) is 25.7 Å². The SMILES string of the molecule is CCCCOCC(O)CN(CC(=O)OCC)C1CC1. The van der Waals surface area contributed by atoms with Gasteiger partial charge in [-0.3, -0.25) is 9.69 Å². The van der Waals surface area contributed by atoms with E-state index in [-0.39, 0.29) is 12.5 Å². The minimum Gasteiger partial charge on any atom is -0.465 e. The third kappa shape index (κ3) is 7.50. The normalized spacial score (nSPS) is 16.6. The van der Waals surface area contributed by atoms with E-state index < -0.39 is 6.10 Å². The highest BCUT2D eigenvalue weighted by atomic mass is 16.5. The zero-order valence-electron chi connectivity index (χ0n) is 12.1. The molecule has 1 atom stereocenters. The van der Waals surface area contributed by atoms with Crippen LogP contribution in [0.15, 0.2) is 0 Å². The van der Waals surface area contributed by atoms with Gasteiger partial charge in [-0.2, -0.15) is 0 Å². The third-order valence-corrected chi connectivity index (χ3v) is 3.10. The smallest absolute Gasteiger partial charge is 0.320 e. The van der Waals surface area contributed by atoms with Gasteiger partial charge >= 0.3 is 5.97 Å². The second-order valence-electron chi connectivity index (χ2n) is 5.05. The van der Waals surface area contributed by atoms with Gasteiger partial charge in [-0.25, -0.2) is 0 Å². The van der Waals surface area contributed by atoms with Gasteiger partial charge in [0, 0.05) is 19.2 Å². The number of carbonyl (C=O) groups is 1. The van der Waals surface area contributed by atoms with Crippen LogP contribution in [0, 0.1) is 0 Å². The molecule has 1 rings (SSSR count). The van der Waals surface area contributed by atoms with E-state index in [2.05, 4.69) is 6.92 Å². The van der Waals surface area contributed by atoms with Crippen molar-refractivity contribution >= 4 is 5.97 Å². The van der Waals surface area contributed by atoms with E-state index in [1.807, 2.05) is 4.90 Å². The van der Waals surface area contributed by atoms with Gasteiger partial charge < -0.3 is 14.6 Å². The summed E-state index contributed by atoms with van der Waals surface area (Å²) in [6, 6.07) is 0.426. The Labute approximate surface area is 115 Å². The fraction of sp³-hybridized carbons (Fsp3) is 0.929. The Morgan fingerprint density at radius 1 is 1.42 bits per heavy atom. The molecule has 0 aromatic rings. The zero-order valence-corrected chi connectivity index (χ0v) is 12.1. The molecular weight excluding hydrogens is 246 g/mol. The Morgan fingerprint density at radius 3 is 2.74 bits per heavy atom. The molecule has 0 bridgehead atoms. The number of nitrogens with zero attached hydrogens (tertiary/aromatic N) is 1. The number of hydrogen-bond acceptors (Lipinski definition) is 5. The average Bonchev–Trinajstić information content (AvgIpc) is 3.18. The van der Waals surface area contributed by atoms with Gasteiger partial charge in [-0.1, -0.05) is 13.3 Å². The Kier molecular flexibility index (Phi) is 8.02. The number of ether oxygens (including phenoxy) is 2. The van der Waals surface area contributed by atoms with E-state index in [1.165, 1.54) is 0 Å². The van der Waals surface area contributed by atoms with Crippen LogP contribution in [-0.4, -0.2) is 61.0 Å². The number of hydrogen-bond donors (Lipinski definition) is 1. The summed E-state index contributed by atoms with van der Waals surface area (Å²) in [5.41, 5.74) is 0. The number of aliphatic hydroxyl groups is 1. The summed E-state index contributed by atoms with van der Waals surface area (Å²) in [4.78, 5) is 13.5. The molecule has 1 unspecified atom stereocenters. The Bertz CT molecular complexity index is 256. The van der Waals surface area contributed by atoms with Gasteiger partial charge in [0.2, 0.25) is 0 Å². The Balaban J connectivity index is 2.22. The molecule has 5 nitrogen and oxygen atoms in total. The topological polar surface area (TPSA) is 59.0 Å². The third-order valence-electron chi connectivity index (χ3n) is 3.10. The number of aliphatic hydroxyl groups excluding tert-OH is 1. The lowest BCUT2D eigenvalue weighted by atomic mass is 10.3.